The van der Waals surface area contributed by atoms with E-state index in [1.165, 1.54) is 0 Å². The summed E-state index contributed by atoms with van der Waals surface area (Å²) in [7, 11) is 0. The van der Waals surface area contributed by atoms with Crippen LogP contribution in [0.5, 0.6) is 5.75 Å². The zero-order valence-corrected chi connectivity index (χ0v) is 14.1. The van der Waals surface area contributed by atoms with Crippen molar-refractivity contribution >= 4 is 35.8 Å². The first kappa shape index (κ1) is 17.9. The van der Waals surface area contributed by atoms with Gasteiger partial charge in [0.1, 0.15) is 5.75 Å². The number of likely N-dealkylation sites (tertiary alicyclic amines) is 1. The molecule has 114 valence electrons. The molecule has 0 spiro atoms. The number of benzene rings is 1. The van der Waals surface area contributed by atoms with Gasteiger partial charge < -0.3 is 15.4 Å². The maximum Gasteiger partial charge on any atom is 0.120 e. The maximum atomic E-state index is 5.91. The molecule has 2 rings (SSSR count). The second kappa shape index (κ2) is 9.74. The lowest BCUT2D eigenvalue weighted by Crippen LogP contribution is -2.28. The molecule has 0 saturated carbocycles. The number of hydrogen-bond acceptors (Lipinski definition) is 4. The fourth-order valence-corrected chi connectivity index (χ4v) is 2.40. The zero-order valence-electron chi connectivity index (χ0n) is 11.7. The average Bonchev–Trinajstić information content (AvgIpc) is 2.87. The van der Waals surface area contributed by atoms with Crippen LogP contribution in [0.4, 0.5) is 0 Å². The zero-order chi connectivity index (χ0) is 15.0. The summed E-state index contributed by atoms with van der Waals surface area (Å²) in [5, 5.41) is 1.08. The molecule has 3 nitrogen and oxygen atoms in total. The molecule has 1 heterocycles. The summed E-state index contributed by atoms with van der Waals surface area (Å²) in [6.45, 7) is 3.83. The Kier molecular flexibility index (Phi) is 8.73. The smallest absolute Gasteiger partial charge is 0.120 e. The Balaban J connectivity index is 0.000000956. The van der Waals surface area contributed by atoms with Crippen LogP contribution >= 0.6 is 35.8 Å². The molecule has 1 aromatic carbocycles. The molecule has 0 aliphatic carbocycles. The van der Waals surface area contributed by atoms with E-state index in [9.17, 15) is 0 Å². The van der Waals surface area contributed by atoms with Crippen molar-refractivity contribution in [2.24, 2.45) is 5.73 Å². The predicted octanol–water partition coefficient (Wildman–Crippen LogP) is 3.34. The highest BCUT2D eigenvalue weighted by molar-refractivity contribution is 7.79. The Morgan fingerprint density at radius 2 is 2.10 bits per heavy atom. The van der Waals surface area contributed by atoms with Crippen molar-refractivity contribution in [3.05, 3.63) is 28.2 Å². The van der Waals surface area contributed by atoms with E-state index in [0.717, 1.165) is 38.2 Å². The Hall–Kier alpha value is -0.130. The highest BCUT2D eigenvalue weighted by Crippen LogP contribution is 2.26. The fraction of sp³-hybridized carbons (Fsp3) is 0.571. The molecule has 1 aliphatic heterocycles. The first-order valence-electron chi connectivity index (χ1n) is 6.65. The van der Waals surface area contributed by atoms with Crippen LogP contribution in [0.25, 0.3) is 0 Å². The van der Waals surface area contributed by atoms with Gasteiger partial charge in [0, 0.05) is 25.2 Å². The highest BCUT2D eigenvalue weighted by Gasteiger charge is 2.17. The lowest BCUT2D eigenvalue weighted by molar-refractivity contribution is 0.262. The van der Waals surface area contributed by atoms with Crippen molar-refractivity contribution in [3.8, 4) is 5.75 Å². The van der Waals surface area contributed by atoms with Crippen LogP contribution in [0.1, 0.15) is 12.8 Å². The van der Waals surface area contributed by atoms with Crippen molar-refractivity contribution in [3.63, 3.8) is 0 Å². The molecule has 0 bridgehead atoms. The van der Waals surface area contributed by atoms with E-state index in [1.54, 1.807) is 18.4 Å². The Morgan fingerprint density at radius 1 is 1.35 bits per heavy atom. The molecule has 1 unspecified atom stereocenters. The van der Waals surface area contributed by atoms with Crippen molar-refractivity contribution in [2.75, 3.05) is 32.5 Å². The molecular formula is C14H22Cl2N2OS. The summed E-state index contributed by atoms with van der Waals surface area (Å²) in [6, 6.07) is 5.68. The topological polar surface area (TPSA) is 38.5 Å². The summed E-state index contributed by atoms with van der Waals surface area (Å²) in [6.07, 6.45) is 3.79. The minimum atomic E-state index is 0.348. The second-order valence-electron chi connectivity index (χ2n) is 4.63. The first-order valence-corrected chi connectivity index (χ1v) is 8.30. The molecule has 0 aromatic heterocycles. The fourth-order valence-electron chi connectivity index (χ4n) is 2.11. The van der Waals surface area contributed by atoms with Crippen LogP contribution in [0.15, 0.2) is 18.2 Å². The number of ether oxygens (including phenoxy) is 1. The number of nitrogens with two attached hydrogens (primary N) is 1. The quantitative estimate of drug-likeness (QED) is 0.639. The second-order valence-corrected chi connectivity index (χ2v) is 5.44. The molecule has 20 heavy (non-hydrogen) atoms. The Morgan fingerprint density at radius 3 is 2.70 bits per heavy atom. The van der Waals surface area contributed by atoms with Crippen LogP contribution in [0.3, 0.4) is 0 Å². The van der Waals surface area contributed by atoms with E-state index in [-0.39, 0.29) is 0 Å². The van der Waals surface area contributed by atoms with Crippen molar-refractivity contribution in [2.45, 2.75) is 18.9 Å². The van der Waals surface area contributed by atoms with E-state index in [0.29, 0.717) is 22.7 Å². The van der Waals surface area contributed by atoms with Gasteiger partial charge in [0.25, 0.3) is 0 Å². The minimum Gasteiger partial charge on any atom is -0.493 e. The van der Waals surface area contributed by atoms with Crippen molar-refractivity contribution in [1.29, 1.82) is 0 Å². The van der Waals surface area contributed by atoms with Crippen LogP contribution in [0, 0.1) is 0 Å². The van der Waals surface area contributed by atoms with Gasteiger partial charge in [0.05, 0.1) is 16.7 Å². The molecular weight excluding hydrogens is 315 g/mol. The molecule has 1 aliphatic rings. The normalized spacial score (nSPS) is 18.6. The molecule has 6 heteroatoms. The van der Waals surface area contributed by atoms with Gasteiger partial charge in [0.15, 0.2) is 0 Å². The molecule has 2 N–H and O–H groups in total. The monoisotopic (exact) mass is 336 g/mol. The van der Waals surface area contributed by atoms with Crippen molar-refractivity contribution in [1.82, 2.24) is 4.90 Å². The molecule has 1 atom stereocenters. The van der Waals surface area contributed by atoms with Crippen LogP contribution in [0.2, 0.25) is 10.0 Å². The number of thiol groups is 1. The number of rotatable bonds is 5. The third-order valence-electron chi connectivity index (χ3n) is 3.09. The van der Waals surface area contributed by atoms with Gasteiger partial charge in [-0.05, 0) is 37.8 Å². The number of hydrogen-bond donors (Lipinski definition) is 2. The van der Waals surface area contributed by atoms with E-state index in [4.69, 9.17) is 33.7 Å². The van der Waals surface area contributed by atoms with Gasteiger partial charge in [-0.3, -0.25) is 0 Å². The van der Waals surface area contributed by atoms with Crippen LogP contribution in [-0.2, 0) is 0 Å². The average molecular weight is 337 g/mol. The first-order chi connectivity index (χ1) is 9.65. The standard InChI is InChI=1S/C13H18Cl2N2O.CH4S/c14-12-3-2-11(8-13(12)15)18-7-1-5-17-6-4-10(16)9-17;1-2/h2-3,8,10H,1,4-7,9,16H2;2H,1H3. The van der Waals surface area contributed by atoms with Gasteiger partial charge in [-0.15, -0.1) is 0 Å². The van der Waals surface area contributed by atoms with E-state index in [1.807, 2.05) is 6.07 Å². The SMILES string of the molecule is CS.NC1CCN(CCCOc2ccc(Cl)c(Cl)c2)C1. The van der Waals surface area contributed by atoms with Gasteiger partial charge >= 0.3 is 0 Å². The maximum absolute atomic E-state index is 5.91. The molecule has 1 fully saturated rings. The van der Waals surface area contributed by atoms with E-state index >= 15 is 0 Å². The number of nitrogens with zero attached hydrogens (tertiary/aromatic N) is 1. The van der Waals surface area contributed by atoms with Crippen LogP contribution < -0.4 is 10.5 Å². The molecule has 1 saturated heterocycles. The van der Waals surface area contributed by atoms with E-state index < -0.39 is 0 Å². The van der Waals surface area contributed by atoms with Gasteiger partial charge in [-0.25, -0.2) is 0 Å². The predicted molar refractivity (Wildman–Crippen MR) is 90.5 cm³/mol. The summed E-state index contributed by atoms with van der Waals surface area (Å²) >= 11 is 15.3. The lowest BCUT2D eigenvalue weighted by Gasteiger charge is -2.15. The van der Waals surface area contributed by atoms with Crippen molar-refractivity contribution < 1.29 is 4.74 Å². The minimum absolute atomic E-state index is 0.348. The summed E-state index contributed by atoms with van der Waals surface area (Å²) in [4.78, 5) is 2.38. The molecule has 0 amide bonds. The Bertz CT molecular complexity index is 407. The Labute approximate surface area is 136 Å². The third-order valence-corrected chi connectivity index (χ3v) is 3.83. The van der Waals surface area contributed by atoms with Gasteiger partial charge in [-0.1, -0.05) is 23.2 Å². The van der Waals surface area contributed by atoms with E-state index in [2.05, 4.69) is 17.5 Å². The summed E-state index contributed by atoms with van der Waals surface area (Å²) in [5.74, 6) is 0.766. The molecule has 0 radical (unpaired) electrons. The lowest BCUT2D eigenvalue weighted by atomic mass is 10.3. The third kappa shape index (κ3) is 6.10. The van der Waals surface area contributed by atoms with Crippen LogP contribution in [-0.4, -0.2) is 43.4 Å². The molecule has 1 aromatic rings. The summed E-state index contributed by atoms with van der Waals surface area (Å²) < 4.78 is 5.63. The van der Waals surface area contributed by atoms with Gasteiger partial charge in [0.2, 0.25) is 0 Å². The summed E-state index contributed by atoms with van der Waals surface area (Å²) in [5.41, 5.74) is 5.85. The van der Waals surface area contributed by atoms with Gasteiger partial charge in [-0.2, -0.15) is 12.6 Å². The largest absolute Gasteiger partial charge is 0.493 e. The highest BCUT2D eigenvalue weighted by atomic mass is 35.5. The number of halogens is 2.